The van der Waals surface area contributed by atoms with Gasteiger partial charge >= 0.3 is 0 Å². The molecule has 0 fully saturated rings. The van der Waals surface area contributed by atoms with Crippen molar-refractivity contribution in [3.05, 3.63) is 59.2 Å². The number of halogens is 3. The van der Waals surface area contributed by atoms with Crippen LogP contribution < -0.4 is 5.32 Å². The minimum absolute atomic E-state index is 0.104. The summed E-state index contributed by atoms with van der Waals surface area (Å²) in [5.74, 6) is 0.410. The number of likely N-dealkylation sites (N-methyl/N-ethyl adjacent to an activating group) is 1. The van der Waals surface area contributed by atoms with E-state index in [-0.39, 0.29) is 29.3 Å². The van der Waals surface area contributed by atoms with Gasteiger partial charge in [-0.3, -0.25) is 4.79 Å². The van der Waals surface area contributed by atoms with E-state index < -0.39 is 39.5 Å². The van der Waals surface area contributed by atoms with Crippen LogP contribution in [0.5, 0.6) is 0 Å². The molecule has 1 atom stereocenters. The number of hydrogen-bond donors (Lipinski definition) is 2. The van der Waals surface area contributed by atoms with Crippen molar-refractivity contribution in [3.63, 3.8) is 0 Å². The first-order valence-corrected chi connectivity index (χ1v) is 9.53. The van der Waals surface area contributed by atoms with Crippen LogP contribution >= 0.6 is 0 Å². The minimum Gasteiger partial charge on any atom is -0.395 e. The highest BCUT2D eigenvalue weighted by Crippen LogP contribution is 2.21. The number of nitrogens with one attached hydrogen (secondary N) is 1. The summed E-state index contributed by atoms with van der Waals surface area (Å²) < 4.78 is 53.8. The van der Waals surface area contributed by atoms with Crippen molar-refractivity contribution < 1.29 is 27.3 Å². The summed E-state index contributed by atoms with van der Waals surface area (Å²) in [6.07, 6.45) is 0. The number of benzene rings is 2. The summed E-state index contributed by atoms with van der Waals surface area (Å²) >= 11 is 0. The minimum atomic E-state index is -2.92. The predicted octanol–water partition coefficient (Wildman–Crippen LogP) is 2.60. The summed E-state index contributed by atoms with van der Waals surface area (Å²) in [6.45, 7) is -1.31. The second-order valence-electron chi connectivity index (χ2n) is 5.76. The van der Waals surface area contributed by atoms with Crippen molar-refractivity contribution in [2.45, 2.75) is 11.6 Å². The third-order valence-corrected chi connectivity index (χ3v) is 6.07. The Bertz CT molecular complexity index is 949. The van der Waals surface area contributed by atoms with Gasteiger partial charge in [0.2, 0.25) is 0 Å². The van der Waals surface area contributed by atoms with Crippen LogP contribution in [0.3, 0.4) is 0 Å². The van der Waals surface area contributed by atoms with Crippen LogP contribution in [0.15, 0.2) is 41.3 Å². The van der Waals surface area contributed by atoms with Crippen LogP contribution in [0, 0.1) is 11.6 Å². The first kappa shape index (κ1) is 20.9. The van der Waals surface area contributed by atoms with Gasteiger partial charge in [-0.25, -0.2) is 21.7 Å². The average molecular weight is 400 g/mol. The first-order chi connectivity index (χ1) is 12.7. The zero-order chi connectivity index (χ0) is 20.2. The third kappa shape index (κ3) is 4.68. The lowest BCUT2D eigenvalue weighted by Crippen LogP contribution is -2.29. The van der Waals surface area contributed by atoms with E-state index in [0.717, 1.165) is 12.1 Å². The van der Waals surface area contributed by atoms with Crippen LogP contribution in [0.1, 0.15) is 15.9 Å². The predicted molar refractivity (Wildman–Crippen MR) is 98.8 cm³/mol. The van der Waals surface area contributed by atoms with Crippen LogP contribution in [0.25, 0.3) is 0 Å². The summed E-state index contributed by atoms with van der Waals surface area (Å²) in [5, 5.41) is 11.4. The Kier molecular flexibility index (Phi) is 6.63. The highest BCUT2D eigenvalue weighted by molar-refractivity contribution is 7.98. The number of hydrogen-bond acceptors (Lipinski definition) is 3. The molecule has 2 N–H and O–H groups in total. The maximum absolute atomic E-state index is 13.5. The van der Waals surface area contributed by atoms with Crippen LogP contribution in [-0.2, 0) is 16.4 Å². The molecule has 5 nitrogen and oxygen atoms in total. The topological polar surface area (TPSA) is 69.6 Å². The van der Waals surface area contributed by atoms with Gasteiger partial charge in [-0.2, -0.15) is 0 Å². The second-order valence-corrected chi connectivity index (χ2v) is 8.14. The molecule has 0 saturated heterocycles. The molecule has 0 radical (unpaired) electrons. The molecule has 0 aliphatic heterocycles. The second kappa shape index (κ2) is 8.55. The molecule has 0 aromatic heterocycles. The molecule has 1 unspecified atom stereocenters. The van der Waals surface area contributed by atoms with Crippen molar-refractivity contribution in [2.24, 2.45) is 0 Å². The van der Waals surface area contributed by atoms with Gasteiger partial charge in [0.1, 0.15) is 6.67 Å². The molecule has 0 aliphatic carbocycles. The molecule has 0 bridgehead atoms. The number of carbonyl (C=O) groups is 1. The van der Waals surface area contributed by atoms with Gasteiger partial charge in [-0.1, -0.05) is 6.07 Å². The zero-order valence-electron chi connectivity index (χ0n) is 14.5. The maximum Gasteiger partial charge on any atom is 0.255 e. The Labute approximate surface area is 155 Å². The Morgan fingerprint density at radius 3 is 2.63 bits per heavy atom. The summed E-state index contributed by atoms with van der Waals surface area (Å²) in [5.41, 5.74) is -0.511. The standard InChI is InChI=1S/C18H19F3N2O3S/c1-23(6-7-24)27(2,26)15-5-3-4-12(9-15)18(25)22-14-8-13(11-19)17(21)16(20)10-14/h3-5,8-10,24H,2,6-7,11H2,1H3,(H,22,25). The molecule has 0 aliphatic rings. The highest BCUT2D eigenvalue weighted by atomic mass is 32.2. The van der Waals surface area contributed by atoms with E-state index in [0.29, 0.717) is 0 Å². The lowest BCUT2D eigenvalue weighted by Gasteiger charge is -2.21. The largest absolute Gasteiger partial charge is 0.395 e. The van der Waals surface area contributed by atoms with E-state index in [2.05, 4.69) is 11.2 Å². The van der Waals surface area contributed by atoms with E-state index in [1.807, 2.05) is 0 Å². The van der Waals surface area contributed by atoms with Gasteiger partial charge in [0.25, 0.3) is 5.91 Å². The van der Waals surface area contributed by atoms with E-state index in [1.165, 1.54) is 35.6 Å². The van der Waals surface area contributed by atoms with E-state index in [4.69, 9.17) is 5.11 Å². The average Bonchev–Trinajstić information content (AvgIpc) is 2.64. The molecule has 27 heavy (non-hydrogen) atoms. The molecule has 146 valence electrons. The highest BCUT2D eigenvalue weighted by Gasteiger charge is 2.17. The molecule has 2 rings (SSSR count). The Morgan fingerprint density at radius 1 is 1.30 bits per heavy atom. The van der Waals surface area contributed by atoms with Crippen LogP contribution in [0.2, 0.25) is 0 Å². The van der Waals surface area contributed by atoms with Gasteiger partial charge in [-0.15, -0.1) is 0 Å². The maximum atomic E-state index is 13.5. The smallest absolute Gasteiger partial charge is 0.255 e. The monoisotopic (exact) mass is 400 g/mol. The van der Waals surface area contributed by atoms with Crippen LogP contribution in [-0.4, -0.2) is 45.6 Å². The van der Waals surface area contributed by atoms with Gasteiger partial charge in [0, 0.05) is 34.3 Å². The van der Waals surface area contributed by atoms with Crippen molar-refractivity contribution in [3.8, 4) is 0 Å². The molecule has 2 aromatic carbocycles. The normalized spacial score (nSPS) is 13.4. The molecular formula is C18H19F3N2O3S. The third-order valence-electron chi connectivity index (χ3n) is 3.89. The Balaban J connectivity index is 2.30. The van der Waals surface area contributed by atoms with Crippen molar-refractivity contribution in [2.75, 3.05) is 25.5 Å². The molecule has 1 amide bonds. The number of carbonyl (C=O) groups excluding carboxylic acids is 1. The first-order valence-electron chi connectivity index (χ1n) is 7.85. The number of aliphatic hydroxyl groups is 1. The Morgan fingerprint density at radius 2 is 2.00 bits per heavy atom. The SMILES string of the molecule is C=S(=O)(c1cccc(C(=O)Nc2cc(F)c(F)c(CF)c2)c1)N(C)CCO. The van der Waals surface area contributed by atoms with Crippen molar-refractivity contribution in [1.82, 2.24) is 4.31 Å². The quantitative estimate of drug-likeness (QED) is 0.702. The molecule has 0 spiro atoms. The molecular weight excluding hydrogens is 381 g/mol. The molecule has 9 heteroatoms. The van der Waals surface area contributed by atoms with Crippen molar-refractivity contribution >= 4 is 27.2 Å². The van der Waals surface area contributed by atoms with Gasteiger partial charge in [0.05, 0.1) is 16.3 Å². The fraction of sp³-hybridized carbons (Fsp3) is 0.222. The lowest BCUT2D eigenvalue weighted by atomic mass is 10.1. The number of aliphatic hydroxyl groups excluding tert-OH is 1. The zero-order valence-corrected chi connectivity index (χ0v) is 15.4. The van der Waals surface area contributed by atoms with Crippen LogP contribution in [0.4, 0.5) is 18.9 Å². The fourth-order valence-electron chi connectivity index (χ4n) is 2.32. The molecule has 0 saturated carbocycles. The fourth-order valence-corrected chi connectivity index (χ4v) is 3.66. The number of alkyl halides is 1. The molecule has 0 heterocycles. The van der Waals surface area contributed by atoms with Gasteiger partial charge in [0.15, 0.2) is 11.6 Å². The van der Waals surface area contributed by atoms with Gasteiger partial charge < -0.3 is 10.4 Å². The van der Waals surface area contributed by atoms with Gasteiger partial charge in [-0.05, 0) is 37.2 Å². The lowest BCUT2D eigenvalue weighted by molar-refractivity contribution is 0.102. The summed E-state index contributed by atoms with van der Waals surface area (Å²) in [4.78, 5) is 12.7. The summed E-state index contributed by atoms with van der Waals surface area (Å²) in [6, 6.07) is 7.57. The number of amides is 1. The molecule has 2 aromatic rings. The van der Waals surface area contributed by atoms with Crippen molar-refractivity contribution in [1.29, 1.82) is 0 Å². The number of nitrogens with zero attached hydrogens (tertiary/aromatic N) is 1. The number of rotatable bonds is 7. The number of anilines is 1. The van der Waals surface area contributed by atoms with E-state index >= 15 is 0 Å². The summed E-state index contributed by atoms with van der Waals surface area (Å²) in [7, 11) is -1.39. The van der Waals surface area contributed by atoms with E-state index in [1.54, 1.807) is 0 Å². The Hall–Kier alpha value is -2.36. The van der Waals surface area contributed by atoms with E-state index in [9.17, 15) is 22.2 Å².